The molecular weight excluding hydrogens is 539 g/mol. The number of alkyl halides is 3. The van der Waals surface area contributed by atoms with Crippen molar-refractivity contribution in [3.63, 3.8) is 0 Å². The van der Waals surface area contributed by atoms with Crippen molar-refractivity contribution < 1.29 is 37.0 Å². The first-order chi connectivity index (χ1) is 19.6. The lowest BCUT2D eigenvalue weighted by Gasteiger charge is -2.34. The molecule has 2 aliphatic rings. The minimum Gasteiger partial charge on any atom is -0.463 e. The van der Waals surface area contributed by atoms with E-state index in [0.717, 1.165) is 31.8 Å². The van der Waals surface area contributed by atoms with Gasteiger partial charge in [0.1, 0.15) is 0 Å². The number of morpholine rings is 1. The van der Waals surface area contributed by atoms with Gasteiger partial charge in [-0.25, -0.2) is 4.79 Å². The number of halogens is 3. The molecule has 1 unspecified atom stereocenters. The van der Waals surface area contributed by atoms with E-state index in [0.29, 0.717) is 42.1 Å². The van der Waals surface area contributed by atoms with Crippen LogP contribution in [0.1, 0.15) is 53.2 Å². The van der Waals surface area contributed by atoms with Gasteiger partial charge in [-0.1, -0.05) is 24.3 Å². The maximum absolute atomic E-state index is 13.3. The average molecular weight is 574 g/mol. The van der Waals surface area contributed by atoms with Gasteiger partial charge in [-0.05, 0) is 49.2 Å². The summed E-state index contributed by atoms with van der Waals surface area (Å²) in [6, 6.07) is 11.4. The van der Waals surface area contributed by atoms with Crippen molar-refractivity contribution in [3.8, 4) is 0 Å². The van der Waals surface area contributed by atoms with Gasteiger partial charge in [0.05, 0.1) is 37.5 Å². The monoisotopic (exact) mass is 573 g/mol. The van der Waals surface area contributed by atoms with Crippen molar-refractivity contribution in [2.75, 3.05) is 46.0 Å². The Hall–Kier alpha value is -3.70. The lowest BCUT2D eigenvalue weighted by Crippen LogP contribution is -2.41. The Kier molecular flexibility index (Phi) is 9.82. The zero-order valence-corrected chi connectivity index (χ0v) is 23.1. The molecule has 11 heteroatoms. The Morgan fingerprint density at radius 3 is 2.46 bits per heavy atom. The highest BCUT2D eigenvalue weighted by Gasteiger charge is 2.37. The topological polar surface area (TPSA) is 88.2 Å². The Morgan fingerprint density at radius 2 is 1.80 bits per heavy atom. The number of rotatable bonds is 9. The fourth-order valence-corrected chi connectivity index (χ4v) is 5.11. The molecule has 2 amide bonds. The van der Waals surface area contributed by atoms with E-state index in [4.69, 9.17) is 9.47 Å². The maximum Gasteiger partial charge on any atom is 0.416 e. The molecule has 41 heavy (non-hydrogen) atoms. The molecule has 1 N–H and O–H groups in total. The van der Waals surface area contributed by atoms with Crippen LogP contribution in [-0.2, 0) is 31.8 Å². The summed E-state index contributed by atoms with van der Waals surface area (Å²) in [6.45, 7) is 7.73. The van der Waals surface area contributed by atoms with Crippen LogP contribution >= 0.6 is 0 Å². The minimum absolute atomic E-state index is 0.103. The Labute approximate surface area is 237 Å². The Bertz CT molecular complexity index is 1290. The number of esters is 1. The van der Waals surface area contributed by atoms with E-state index in [9.17, 15) is 27.6 Å². The van der Waals surface area contributed by atoms with Crippen LogP contribution in [0.2, 0.25) is 0 Å². The smallest absolute Gasteiger partial charge is 0.416 e. The largest absolute Gasteiger partial charge is 0.463 e. The number of benzene rings is 2. The second-order valence-corrected chi connectivity index (χ2v) is 9.99. The number of ether oxygens (including phenoxy) is 2. The number of amides is 2. The van der Waals surface area contributed by atoms with Crippen LogP contribution in [-0.4, -0.2) is 73.6 Å². The molecule has 0 spiro atoms. The number of hydrogen-bond donors (Lipinski definition) is 1. The van der Waals surface area contributed by atoms with E-state index in [1.54, 1.807) is 38.1 Å². The number of nitrogens with one attached hydrogen (secondary N) is 1. The summed E-state index contributed by atoms with van der Waals surface area (Å²) in [4.78, 5) is 42.8. The summed E-state index contributed by atoms with van der Waals surface area (Å²) >= 11 is 0. The lowest BCUT2D eigenvalue weighted by molar-refractivity contribution is -0.140. The van der Waals surface area contributed by atoms with Crippen LogP contribution in [0.25, 0.3) is 0 Å². The van der Waals surface area contributed by atoms with Crippen LogP contribution in [0, 0.1) is 0 Å². The van der Waals surface area contributed by atoms with Crippen molar-refractivity contribution in [2.45, 2.75) is 38.9 Å². The normalized spacial score (nSPS) is 18.4. The molecule has 0 bridgehead atoms. The Morgan fingerprint density at radius 1 is 1.10 bits per heavy atom. The van der Waals surface area contributed by atoms with Gasteiger partial charge in [-0.3, -0.25) is 14.5 Å². The molecule has 4 rings (SSSR count). The molecule has 2 aromatic rings. The molecule has 1 atom stereocenters. The molecule has 220 valence electrons. The van der Waals surface area contributed by atoms with Crippen LogP contribution in [0.4, 0.5) is 13.2 Å². The summed E-state index contributed by atoms with van der Waals surface area (Å²) in [5, 5.41) is 2.92. The predicted octanol–water partition coefficient (Wildman–Crippen LogP) is 4.12. The standard InChI is InChI=1S/C30H34F3N3O5/c1-3-41-29(39)27-20(2)36(26(37)18-25(27)22-7-9-24(10-8-22)30(31,32)33)19-21-5-4-6-23(17-21)28(38)34-11-12-35-13-15-40-16-14-35/h4-10,17,25H,3,11-16,18-19H2,1-2H3,(H,34,38). The summed E-state index contributed by atoms with van der Waals surface area (Å²) in [7, 11) is 0. The quantitative estimate of drug-likeness (QED) is 0.455. The van der Waals surface area contributed by atoms with Crippen molar-refractivity contribution in [1.82, 2.24) is 15.1 Å². The molecule has 0 saturated carbocycles. The third kappa shape index (κ3) is 7.53. The molecule has 0 aromatic heterocycles. The van der Waals surface area contributed by atoms with Gasteiger partial charge in [0.25, 0.3) is 5.91 Å². The number of nitrogens with zero attached hydrogens (tertiary/aromatic N) is 2. The van der Waals surface area contributed by atoms with Gasteiger partial charge in [0.2, 0.25) is 5.91 Å². The highest BCUT2D eigenvalue weighted by molar-refractivity contribution is 5.96. The summed E-state index contributed by atoms with van der Waals surface area (Å²) in [6.07, 6.45) is -4.61. The fourth-order valence-electron chi connectivity index (χ4n) is 5.11. The number of carbonyl (C=O) groups excluding carboxylic acids is 3. The molecule has 1 fully saturated rings. The zero-order valence-electron chi connectivity index (χ0n) is 23.1. The number of allylic oxidation sites excluding steroid dienone is 1. The first-order valence-electron chi connectivity index (χ1n) is 13.6. The van der Waals surface area contributed by atoms with Crippen LogP contribution in [0.15, 0.2) is 59.8 Å². The van der Waals surface area contributed by atoms with Crippen LogP contribution < -0.4 is 5.32 Å². The van der Waals surface area contributed by atoms with Gasteiger partial charge >= 0.3 is 12.1 Å². The van der Waals surface area contributed by atoms with E-state index >= 15 is 0 Å². The van der Waals surface area contributed by atoms with Gasteiger partial charge in [0.15, 0.2) is 0 Å². The zero-order chi connectivity index (χ0) is 29.6. The van der Waals surface area contributed by atoms with E-state index in [2.05, 4.69) is 10.2 Å². The third-order valence-electron chi connectivity index (χ3n) is 7.31. The minimum atomic E-state index is -4.50. The fraction of sp³-hybridized carbons (Fsp3) is 0.433. The Balaban J connectivity index is 1.52. The molecular formula is C30H34F3N3O5. The maximum atomic E-state index is 13.3. The van der Waals surface area contributed by atoms with Gasteiger partial charge in [-0.2, -0.15) is 13.2 Å². The SMILES string of the molecule is CCOC(=O)C1=C(C)N(Cc2cccc(C(=O)NCCN3CCOCC3)c2)C(=O)CC1c1ccc(C(F)(F)F)cc1. The van der Waals surface area contributed by atoms with Gasteiger partial charge in [0, 0.05) is 49.8 Å². The summed E-state index contributed by atoms with van der Waals surface area (Å²) in [5.74, 6) is -1.89. The molecule has 8 nitrogen and oxygen atoms in total. The van der Waals surface area contributed by atoms with Gasteiger partial charge < -0.3 is 19.7 Å². The highest BCUT2D eigenvalue weighted by Crippen LogP contribution is 2.39. The summed E-state index contributed by atoms with van der Waals surface area (Å²) < 4.78 is 49.9. The molecule has 2 heterocycles. The molecule has 0 radical (unpaired) electrons. The molecule has 0 aliphatic carbocycles. The van der Waals surface area contributed by atoms with Gasteiger partial charge in [-0.15, -0.1) is 0 Å². The van der Waals surface area contributed by atoms with E-state index < -0.39 is 23.6 Å². The average Bonchev–Trinajstić information content (AvgIpc) is 2.95. The van der Waals surface area contributed by atoms with Crippen LogP contribution in [0.5, 0.6) is 0 Å². The molecule has 2 aliphatic heterocycles. The van der Waals surface area contributed by atoms with Crippen molar-refractivity contribution in [2.24, 2.45) is 0 Å². The second-order valence-electron chi connectivity index (χ2n) is 9.99. The van der Waals surface area contributed by atoms with E-state index in [1.165, 1.54) is 17.0 Å². The van der Waals surface area contributed by atoms with Crippen molar-refractivity contribution >= 4 is 17.8 Å². The molecule has 2 aromatic carbocycles. The van der Waals surface area contributed by atoms with Crippen LogP contribution in [0.3, 0.4) is 0 Å². The predicted molar refractivity (Wildman–Crippen MR) is 145 cm³/mol. The molecule has 1 saturated heterocycles. The van der Waals surface area contributed by atoms with E-state index in [-0.39, 0.29) is 37.0 Å². The number of hydrogen-bond acceptors (Lipinski definition) is 6. The summed E-state index contributed by atoms with van der Waals surface area (Å²) in [5.41, 5.74) is 1.34. The second kappa shape index (κ2) is 13.3. The third-order valence-corrected chi connectivity index (χ3v) is 7.31. The highest BCUT2D eigenvalue weighted by atomic mass is 19.4. The first-order valence-corrected chi connectivity index (χ1v) is 13.6. The van der Waals surface area contributed by atoms with Crippen molar-refractivity contribution in [3.05, 3.63) is 82.1 Å². The van der Waals surface area contributed by atoms with E-state index in [1.807, 2.05) is 0 Å². The van der Waals surface area contributed by atoms with Crippen molar-refractivity contribution in [1.29, 1.82) is 0 Å². The number of carbonyl (C=O) groups is 3. The first kappa shape index (κ1) is 30.3. The lowest BCUT2D eigenvalue weighted by atomic mass is 9.83.